The highest BCUT2D eigenvalue weighted by molar-refractivity contribution is 5.04. The van der Waals surface area contributed by atoms with Gasteiger partial charge in [-0.05, 0) is 6.92 Å². The topological polar surface area (TPSA) is 28.7 Å². The molecule has 0 aromatic carbocycles. The quantitative estimate of drug-likeness (QED) is 0.588. The monoisotopic (exact) mass is 114 g/mol. The van der Waals surface area contributed by atoms with Gasteiger partial charge in [0.2, 0.25) is 0 Å². The van der Waals surface area contributed by atoms with Gasteiger partial charge in [0.05, 0.1) is 6.20 Å². The van der Waals surface area contributed by atoms with E-state index in [-0.39, 0.29) is 0 Å². The lowest BCUT2D eigenvalue weighted by atomic mass is 10.3. The van der Waals surface area contributed by atoms with Gasteiger partial charge in [0, 0.05) is 11.8 Å². The predicted octanol–water partition coefficient (Wildman–Crippen LogP) is 1.44. The Bertz CT molecular complexity index is 145. The third kappa shape index (κ3) is 0.857. The van der Waals surface area contributed by atoms with Crippen molar-refractivity contribution >= 4 is 0 Å². The Labute approximate surface area is 46.7 Å². The molecule has 0 spiro atoms. The van der Waals surface area contributed by atoms with Crippen LogP contribution in [0, 0.1) is 0 Å². The van der Waals surface area contributed by atoms with Crippen molar-refractivity contribution < 1.29 is 4.39 Å². The summed E-state index contributed by atoms with van der Waals surface area (Å²) in [6.07, 6.45) is 2.11. The fourth-order valence-electron chi connectivity index (χ4n) is 0.478. The van der Waals surface area contributed by atoms with E-state index < -0.39 is 6.17 Å². The molecule has 0 saturated heterocycles. The molecule has 1 atom stereocenters. The standard InChI is InChI=1S/C5H7FN2/c1-4(6)5-2-7-8-3-5/h2-4H,1H3,(H,7,8). The molecule has 0 aliphatic rings. The maximum atomic E-state index is 12.2. The van der Waals surface area contributed by atoms with Crippen molar-refractivity contribution in [2.24, 2.45) is 0 Å². The SMILES string of the molecule is CC(F)c1cn[nH]c1. The first-order valence-electron chi connectivity index (χ1n) is 2.43. The van der Waals surface area contributed by atoms with E-state index in [0.717, 1.165) is 0 Å². The van der Waals surface area contributed by atoms with Crippen LogP contribution in [0.5, 0.6) is 0 Å². The molecule has 8 heavy (non-hydrogen) atoms. The van der Waals surface area contributed by atoms with Crippen LogP contribution in [0.3, 0.4) is 0 Å². The lowest BCUT2D eigenvalue weighted by Crippen LogP contribution is -1.77. The van der Waals surface area contributed by atoms with Gasteiger partial charge in [-0.25, -0.2) is 4.39 Å². The Balaban J connectivity index is 2.77. The third-order valence-electron chi connectivity index (χ3n) is 0.979. The van der Waals surface area contributed by atoms with Crippen LogP contribution in [0.1, 0.15) is 18.7 Å². The minimum Gasteiger partial charge on any atom is -0.285 e. The van der Waals surface area contributed by atoms with Crippen LogP contribution in [-0.4, -0.2) is 10.2 Å². The number of aromatic nitrogens is 2. The van der Waals surface area contributed by atoms with Gasteiger partial charge in [0.1, 0.15) is 6.17 Å². The van der Waals surface area contributed by atoms with Crippen LogP contribution in [0.15, 0.2) is 12.4 Å². The van der Waals surface area contributed by atoms with E-state index in [1.54, 1.807) is 6.20 Å². The van der Waals surface area contributed by atoms with Crippen LogP contribution in [0.25, 0.3) is 0 Å². The molecule has 0 saturated carbocycles. The molecule has 1 rings (SSSR count). The number of hydrogen-bond acceptors (Lipinski definition) is 1. The van der Waals surface area contributed by atoms with Crippen molar-refractivity contribution in [1.29, 1.82) is 0 Å². The Morgan fingerprint density at radius 2 is 2.62 bits per heavy atom. The summed E-state index contributed by atoms with van der Waals surface area (Å²) in [5.74, 6) is 0. The molecule has 44 valence electrons. The summed E-state index contributed by atoms with van der Waals surface area (Å²) >= 11 is 0. The second-order valence-electron chi connectivity index (χ2n) is 1.65. The van der Waals surface area contributed by atoms with Gasteiger partial charge in [0.15, 0.2) is 0 Å². The molecule has 0 aliphatic heterocycles. The second-order valence-corrected chi connectivity index (χ2v) is 1.65. The molecule has 0 fully saturated rings. The van der Waals surface area contributed by atoms with Gasteiger partial charge in [-0.3, -0.25) is 5.10 Å². The van der Waals surface area contributed by atoms with Gasteiger partial charge < -0.3 is 0 Å². The Hall–Kier alpha value is -0.860. The lowest BCUT2D eigenvalue weighted by molar-refractivity contribution is 0.374. The van der Waals surface area contributed by atoms with Gasteiger partial charge in [0.25, 0.3) is 0 Å². The molecule has 1 N–H and O–H groups in total. The van der Waals surface area contributed by atoms with Crippen LogP contribution in [0.4, 0.5) is 4.39 Å². The van der Waals surface area contributed by atoms with Crippen LogP contribution in [-0.2, 0) is 0 Å². The zero-order valence-corrected chi connectivity index (χ0v) is 4.56. The summed E-state index contributed by atoms with van der Waals surface area (Å²) in [5.41, 5.74) is 0.602. The predicted molar refractivity (Wildman–Crippen MR) is 28.1 cm³/mol. The zero-order chi connectivity index (χ0) is 5.98. The van der Waals surface area contributed by atoms with Crippen molar-refractivity contribution in [3.8, 4) is 0 Å². The van der Waals surface area contributed by atoms with E-state index >= 15 is 0 Å². The summed E-state index contributed by atoms with van der Waals surface area (Å²) in [6.45, 7) is 1.48. The van der Waals surface area contributed by atoms with Gasteiger partial charge in [-0.15, -0.1) is 0 Å². The van der Waals surface area contributed by atoms with E-state index in [1.807, 2.05) is 0 Å². The van der Waals surface area contributed by atoms with E-state index in [2.05, 4.69) is 10.2 Å². The molecule has 0 bridgehead atoms. The Morgan fingerprint density at radius 3 is 2.88 bits per heavy atom. The smallest absolute Gasteiger partial charge is 0.125 e. The highest BCUT2D eigenvalue weighted by Crippen LogP contribution is 2.12. The maximum Gasteiger partial charge on any atom is 0.125 e. The zero-order valence-electron chi connectivity index (χ0n) is 4.56. The lowest BCUT2D eigenvalue weighted by Gasteiger charge is -1.90. The number of rotatable bonds is 1. The van der Waals surface area contributed by atoms with Crippen LogP contribution >= 0.6 is 0 Å². The number of H-pyrrole nitrogens is 1. The first-order valence-corrected chi connectivity index (χ1v) is 2.43. The molecule has 1 heterocycles. The molecule has 3 heteroatoms. The molecule has 0 aliphatic carbocycles. The number of alkyl halides is 1. The Kier molecular flexibility index (Phi) is 1.28. The van der Waals surface area contributed by atoms with Gasteiger partial charge in [-0.1, -0.05) is 0 Å². The maximum absolute atomic E-state index is 12.2. The number of halogens is 1. The third-order valence-corrected chi connectivity index (χ3v) is 0.979. The fraction of sp³-hybridized carbons (Fsp3) is 0.400. The summed E-state index contributed by atoms with van der Waals surface area (Å²) in [5, 5.41) is 6.10. The van der Waals surface area contributed by atoms with E-state index in [1.165, 1.54) is 13.1 Å². The molecule has 0 radical (unpaired) electrons. The van der Waals surface area contributed by atoms with Crippen molar-refractivity contribution in [3.05, 3.63) is 18.0 Å². The van der Waals surface area contributed by atoms with Gasteiger partial charge >= 0.3 is 0 Å². The molecule has 2 nitrogen and oxygen atoms in total. The first kappa shape index (κ1) is 5.28. The van der Waals surface area contributed by atoms with Crippen molar-refractivity contribution in [1.82, 2.24) is 10.2 Å². The average molecular weight is 114 g/mol. The molecule has 0 amide bonds. The summed E-state index contributed by atoms with van der Waals surface area (Å²) in [7, 11) is 0. The molecule has 1 aromatic rings. The number of nitrogens with zero attached hydrogens (tertiary/aromatic N) is 1. The second kappa shape index (κ2) is 1.94. The van der Waals surface area contributed by atoms with Crippen LogP contribution in [0.2, 0.25) is 0 Å². The minimum atomic E-state index is -0.909. The fourth-order valence-corrected chi connectivity index (χ4v) is 0.478. The van der Waals surface area contributed by atoms with E-state index in [9.17, 15) is 4.39 Å². The Morgan fingerprint density at radius 1 is 1.88 bits per heavy atom. The van der Waals surface area contributed by atoms with Crippen molar-refractivity contribution in [2.45, 2.75) is 13.1 Å². The van der Waals surface area contributed by atoms with Crippen molar-refractivity contribution in [3.63, 3.8) is 0 Å². The summed E-state index contributed by atoms with van der Waals surface area (Å²) in [6, 6.07) is 0. The molecule has 1 aromatic heterocycles. The summed E-state index contributed by atoms with van der Waals surface area (Å²) < 4.78 is 12.2. The molecular formula is C5H7FN2. The number of hydrogen-bond donors (Lipinski definition) is 1. The summed E-state index contributed by atoms with van der Waals surface area (Å²) in [4.78, 5) is 0. The highest BCUT2D eigenvalue weighted by atomic mass is 19.1. The molecule has 1 unspecified atom stereocenters. The molecular weight excluding hydrogens is 107 g/mol. The number of aromatic amines is 1. The minimum absolute atomic E-state index is 0.602. The van der Waals surface area contributed by atoms with Gasteiger partial charge in [-0.2, -0.15) is 5.10 Å². The normalized spacial score (nSPS) is 13.8. The van der Waals surface area contributed by atoms with E-state index in [0.29, 0.717) is 5.56 Å². The van der Waals surface area contributed by atoms with Crippen molar-refractivity contribution in [2.75, 3.05) is 0 Å². The first-order chi connectivity index (χ1) is 3.80. The number of nitrogens with one attached hydrogen (secondary N) is 1. The average Bonchev–Trinajstić information content (AvgIpc) is 2.12. The largest absolute Gasteiger partial charge is 0.285 e. The van der Waals surface area contributed by atoms with E-state index in [4.69, 9.17) is 0 Å². The highest BCUT2D eigenvalue weighted by Gasteiger charge is 2.00. The van der Waals surface area contributed by atoms with Crippen LogP contribution < -0.4 is 0 Å².